The van der Waals surface area contributed by atoms with E-state index in [2.05, 4.69) is 124 Å². The summed E-state index contributed by atoms with van der Waals surface area (Å²) in [6, 6.07) is 22.7. The molecule has 4 aliphatic carbocycles. The highest BCUT2D eigenvalue weighted by Crippen LogP contribution is 2.78. The van der Waals surface area contributed by atoms with Crippen molar-refractivity contribution < 1.29 is 0 Å². The largest absolute Gasteiger partial charge is 0.384 e. The van der Waals surface area contributed by atoms with Gasteiger partial charge in [0.2, 0.25) is 0 Å². The number of piperidine rings is 2. The zero-order chi connectivity index (χ0) is 39.8. The van der Waals surface area contributed by atoms with E-state index in [4.69, 9.17) is 9.97 Å². The van der Waals surface area contributed by atoms with Crippen molar-refractivity contribution in [3.05, 3.63) is 134 Å². The Morgan fingerprint density at radius 2 is 1.22 bits per heavy atom. The van der Waals surface area contributed by atoms with Crippen LogP contribution in [0.15, 0.2) is 122 Å². The Bertz CT molecular complexity index is 2550. The number of allylic oxidation sites excluding steroid dienone is 2. The van der Waals surface area contributed by atoms with E-state index in [1.165, 1.54) is 53.3 Å². The highest BCUT2D eigenvalue weighted by molar-refractivity contribution is 5.90. The first-order valence-electron chi connectivity index (χ1n) is 21.5. The van der Waals surface area contributed by atoms with E-state index in [1.807, 2.05) is 26.2 Å². The minimum Gasteiger partial charge on any atom is -0.384 e. The van der Waals surface area contributed by atoms with Crippen LogP contribution < -0.4 is 10.6 Å². The molecule has 2 aromatic heterocycles. The van der Waals surface area contributed by atoms with Gasteiger partial charge < -0.3 is 30.4 Å². The monoisotopic (exact) mass is 768 g/mol. The number of H-pyrrole nitrogens is 2. The number of rotatable bonds is 14. The molecule has 58 heavy (non-hydrogen) atoms. The first-order valence-corrected chi connectivity index (χ1v) is 21.5. The second-order valence-corrected chi connectivity index (χ2v) is 19.0. The molecule has 4 saturated carbocycles. The highest BCUT2D eigenvalue weighted by Gasteiger charge is 2.79. The average Bonchev–Trinajstić information content (AvgIpc) is 4.19. The van der Waals surface area contributed by atoms with Gasteiger partial charge in [-0.15, -0.1) is 0 Å². The molecule has 4 unspecified atom stereocenters. The molecule has 3 aromatic carbocycles. The van der Waals surface area contributed by atoms with Crippen LogP contribution >= 0.6 is 0 Å². The van der Waals surface area contributed by atoms with Crippen LogP contribution in [0.1, 0.15) is 77.4 Å². The Balaban J connectivity index is 0.805. The summed E-state index contributed by atoms with van der Waals surface area (Å²) in [5, 5.41) is 9.42. The van der Waals surface area contributed by atoms with E-state index < -0.39 is 0 Å². The number of nitrogens with one attached hydrogen (secondary N) is 4. The van der Waals surface area contributed by atoms with Gasteiger partial charge in [0.25, 0.3) is 0 Å². The fraction of sp³-hybridized carbons (Fsp3) is 0.400. The summed E-state index contributed by atoms with van der Waals surface area (Å²) in [7, 11) is 0. The summed E-state index contributed by atoms with van der Waals surface area (Å²) in [6.07, 6.45) is 12.6. The normalized spacial score (nSPS) is 26.7. The summed E-state index contributed by atoms with van der Waals surface area (Å²) in [5.41, 5.74) is 11.9. The standard InChI is InChI=1S/C50H56N8/c1-8-40(54-31(4)5)33(7)58-29-48(19-20-48)44-24-50(44,58)46-53-27-42(56-46)39-16-15-37-21-36(13-14-38(37)22-39)34-9-11-35(12-10-34)41-26-52-45(55-41)49-23-43(49)47(17-18-47)28-57(49)32(6)25-51-30(2)3/h9-16,21-22,26-27,40,43-44,51,54H,2,4,6-8,17-20,23-25,28-29H2,1,3,5H3,(H,52,55)(H,53,56)/t40-,43?,44?,49?,50?/m0/s1. The van der Waals surface area contributed by atoms with Crippen molar-refractivity contribution in [3.8, 4) is 33.6 Å². The van der Waals surface area contributed by atoms with Crippen LogP contribution in [-0.2, 0) is 11.1 Å². The summed E-state index contributed by atoms with van der Waals surface area (Å²) in [5.74, 6) is 3.47. The van der Waals surface area contributed by atoms with E-state index in [0.717, 1.165) is 90.2 Å². The fourth-order valence-electron chi connectivity index (χ4n) is 11.6. The quantitative estimate of drug-likeness (QED) is 0.0900. The maximum Gasteiger partial charge on any atom is 0.132 e. The molecule has 6 fully saturated rings. The number of aromatic nitrogens is 4. The molecule has 5 aromatic rings. The molecule has 6 aliphatic rings. The molecule has 4 N–H and O–H groups in total. The smallest absolute Gasteiger partial charge is 0.132 e. The van der Waals surface area contributed by atoms with Gasteiger partial charge >= 0.3 is 0 Å². The van der Waals surface area contributed by atoms with Crippen LogP contribution in [0.25, 0.3) is 44.4 Å². The average molecular weight is 769 g/mol. The van der Waals surface area contributed by atoms with Gasteiger partial charge in [0.1, 0.15) is 22.7 Å². The van der Waals surface area contributed by atoms with Gasteiger partial charge in [0, 0.05) is 41.4 Å². The minimum absolute atomic E-state index is 0.0553. The predicted molar refractivity (Wildman–Crippen MR) is 234 cm³/mol. The second kappa shape index (κ2) is 12.3. The molecule has 2 aliphatic heterocycles. The molecular formula is C50H56N8. The van der Waals surface area contributed by atoms with Gasteiger partial charge in [-0.25, -0.2) is 9.97 Å². The molecule has 11 rings (SSSR count). The Morgan fingerprint density at radius 3 is 1.79 bits per heavy atom. The van der Waals surface area contributed by atoms with Crippen LogP contribution in [-0.4, -0.2) is 55.4 Å². The van der Waals surface area contributed by atoms with Crippen molar-refractivity contribution in [1.29, 1.82) is 0 Å². The number of likely N-dealkylation sites (tertiary alicyclic amines) is 2. The number of nitrogens with zero attached hydrogens (tertiary/aromatic N) is 4. The van der Waals surface area contributed by atoms with Gasteiger partial charge in [-0.2, -0.15) is 0 Å². The number of aromatic amines is 2. The number of fused-ring (bicyclic) bond motifs is 5. The van der Waals surface area contributed by atoms with E-state index in [9.17, 15) is 0 Å². The second-order valence-electron chi connectivity index (χ2n) is 19.0. The fourth-order valence-corrected chi connectivity index (χ4v) is 11.6. The van der Waals surface area contributed by atoms with Crippen LogP contribution in [0.5, 0.6) is 0 Å². The number of benzene rings is 3. The number of hydrogen-bond donors (Lipinski definition) is 4. The SMILES string of the molecule is C=C(C)NCC(=C)N1CC2(CC2)C2CC21c1ncc(-c2ccc(-c3ccc4cc(-c5cnc(C67CC6C6(CC6)CN7C(=C)[C@H](CC)NC(=C)C)[nH]5)ccc4c3)cc2)[nH]1. The molecular weight excluding hydrogens is 713 g/mol. The van der Waals surface area contributed by atoms with Gasteiger partial charge in [-0.1, -0.05) is 81.8 Å². The molecule has 2 spiro atoms. The third-order valence-electron chi connectivity index (χ3n) is 15.2. The van der Waals surface area contributed by atoms with Crippen LogP contribution in [0.4, 0.5) is 0 Å². The summed E-state index contributed by atoms with van der Waals surface area (Å²) >= 11 is 0. The van der Waals surface area contributed by atoms with Gasteiger partial charge in [0.15, 0.2) is 0 Å². The Hall–Kier alpha value is -5.50. The summed E-state index contributed by atoms with van der Waals surface area (Å²) in [6.45, 7) is 26.5. The van der Waals surface area contributed by atoms with E-state index in [0.29, 0.717) is 22.7 Å². The summed E-state index contributed by atoms with van der Waals surface area (Å²) < 4.78 is 0. The maximum atomic E-state index is 5.09. The number of hydrogen-bond acceptors (Lipinski definition) is 6. The van der Waals surface area contributed by atoms with Crippen LogP contribution in [0, 0.1) is 22.7 Å². The van der Waals surface area contributed by atoms with Crippen LogP contribution in [0.2, 0.25) is 0 Å². The Kier molecular flexibility index (Phi) is 7.54. The van der Waals surface area contributed by atoms with E-state index in [1.54, 1.807) is 0 Å². The highest BCUT2D eigenvalue weighted by atomic mass is 15.4. The van der Waals surface area contributed by atoms with Crippen molar-refractivity contribution in [2.24, 2.45) is 22.7 Å². The zero-order valence-corrected chi connectivity index (χ0v) is 34.3. The van der Waals surface area contributed by atoms with Gasteiger partial charge in [0.05, 0.1) is 36.4 Å². The lowest BCUT2D eigenvalue weighted by Crippen LogP contribution is -2.42. The molecule has 8 heteroatoms. The minimum atomic E-state index is -0.0777. The maximum absolute atomic E-state index is 5.09. The predicted octanol–water partition coefficient (Wildman–Crippen LogP) is 9.96. The Labute approximate surface area is 342 Å². The first-order chi connectivity index (χ1) is 28.0. The first kappa shape index (κ1) is 35.6. The van der Waals surface area contributed by atoms with Crippen molar-refractivity contribution in [2.45, 2.75) is 82.8 Å². The molecule has 0 radical (unpaired) electrons. The Morgan fingerprint density at radius 1 is 0.707 bits per heavy atom. The third kappa shape index (κ3) is 5.25. The molecule has 4 heterocycles. The molecule has 0 bridgehead atoms. The lowest BCUT2D eigenvalue weighted by atomic mass is 9.98. The molecule has 5 atom stereocenters. The topological polar surface area (TPSA) is 87.9 Å². The van der Waals surface area contributed by atoms with Crippen molar-refractivity contribution in [1.82, 2.24) is 40.4 Å². The molecule has 8 nitrogen and oxygen atoms in total. The lowest BCUT2D eigenvalue weighted by Gasteiger charge is -2.36. The van der Waals surface area contributed by atoms with E-state index in [-0.39, 0.29) is 17.1 Å². The van der Waals surface area contributed by atoms with E-state index >= 15 is 0 Å². The molecule has 0 amide bonds. The van der Waals surface area contributed by atoms with Crippen LogP contribution in [0.3, 0.4) is 0 Å². The zero-order valence-electron chi connectivity index (χ0n) is 34.3. The van der Waals surface area contributed by atoms with Crippen molar-refractivity contribution >= 4 is 10.8 Å². The third-order valence-corrected chi connectivity index (χ3v) is 15.2. The molecule has 296 valence electrons. The van der Waals surface area contributed by atoms with Gasteiger partial charge in [-0.05, 0) is 121 Å². The number of imidazole rings is 2. The summed E-state index contributed by atoms with van der Waals surface area (Å²) in [4.78, 5) is 22.9. The van der Waals surface area contributed by atoms with Gasteiger partial charge in [-0.3, -0.25) is 0 Å². The van der Waals surface area contributed by atoms with Crippen molar-refractivity contribution in [3.63, 3.8) is 0 Å². The van der Waals surface area contributed by atoms with Crippen molar-refractivity contribution in [2.75, 3.05) is 19.6 Å². The lowest BCUT2D eigenvalue weighted by molar-refractivity contribution is 0.230. The molecule has 2 saturated heterocycles.